The molecule has 1 aliphatic carbocycles. The lowest BCUT2D eigenvalue weighted by atomic mass is 10.3. The molecule has 5 N–H and O–H groups in total. The Kier molecular flexibility index (Phi) is 4.63. The van der Waals surface area contributed by atoms with Crippen LogP contribution in [0.15, 0.2) is 40.4 Å². The van der Waals surface area contributed by atoms with Gasteiger partial charge in [-0.25, -0.2) is 0 Å². The first-order valence-corrected chi connectivity index (χ1v) is 9.26. The van der Waals surface area contributed by atoms with Gasteiger partial charge in [0.1, 0.15) is 0 Å². The Balaban J connectivity index is 1.44. The third kappa shape index (κ3) is 4.53. The lowest BCUT2D eigenvalue weighted by molar-refractivity contribution is -0.117. The van der Waals surface area contributed by atoms with E-state index in [0.29, 0.717) is 16.9 Å². The number of rotatable bonds is 6. The van der Waals surface area contributed by atoms with Crippen LogP contribution in [0.1, 0.15) is 18.5 Å². The van der Waals surface area contributed by atoms with Gasteiger partial charge in [-0.1, -0.05) is 0 Å². The van der Waals surface area contributed by atoms with E-state index in [2.05, 4.69) is 35.8 Å². The fourth-order valence-corrected chi connectivity index (χ4v) is 3.13. The van der Waals surface area contributed by atoms with E-state index in [-0.39, 0.29) is 17.8 Å². The van der Waals surface area contributed by atoms with Crippen LogP contribution in [0.3, 0.4) is 0 Å². The first-order chi connectivity index (χ1) is 13.0. The normalized spacial score (nSPS) is 13.4. The molecule has 1 saturated carbocycles. The van der Waals surface area contributed by atoms with E-state index in [1.165, 1.54) is 11.8 Å². The molecule has 0 unspecified atom stereocenters. The number of H-pyrrole nitrogens is 1. The number of nitrogen functional groups attached to an aromatic ring is 1. The average Bonchev–Trinajstić information content (AvgIpc) is 3.40. The molecule has 1 fully saturated rings. The van der Waals surface area contributed by atoms with Crippen LogP contribution in [-0.4, -0.2) is 31.1 Å². The minimum Gasteiger partial charge on any atom is -0.368 e. The van der Waals surface area contributed by atoms with Crippen molar-refractivity contribution in [3.8, 4) is 0 Å². The predicted molar refractivity (Wildman–Crippen MR) is 103 cm³/mol. The Bertz CT molecular complexity index is 967. The number of nitrogens with zero attached hydrogens (tertiary/aromatic N) is 4. The highest BCUT2D eigenvalue weighted by Gasteiger charge is 2.29. The minimum absolute atomic E-state index is 0.0879. The highest BCUT2D eigenvalue weighted by atomic mass is 32.2. The summed E-state index contributed by atoms with van der Waals surface area (Å²) in [4.78, 5) is 25.3. The molecule has 2 aromatic heterocycles. The van der Waals surface area contributed by atoms with Gasteiger partial charge < -0.3 is 16.4 Å². The molecule has 9 nitrogen and oxygen atoms in total. The molecule has 0 spiro atoms. The number of hydrogen-bond donors (Lipinski definition) is 4. The number of nitrogens with one attached hydrogen (secondary N) is 3. The number of benzene rings is 1. The fourth-order valence-electron chi connectivity index (χ4n) is 2.37. The molecule has 4 rings (SSSR count). The van der Waals surface area contributed by atoms with Gasteiger partial charge in [-0.15, -0.1) is 0 Å². The van der Waals surface area contributed by atoms with Gasteiger partial charge in [-0.05, 0) is 55.8 Å². The zero-order valence-electron chi connectivity index (χ0n) is 14.6. The maximum atomic E-state index is 11.8. The van der Waals surface area contributed by atoms with E-state index in [4.69, 9.17) is 5.73 Å². The number of nitrogens with two attached hydrogens (primary N) is 1. The van der Waals surface area contributed by atoms with Gasteiger partial charge in [0.2, 0.25) is 17.8 Å². The van der Waals surface area contributed by atoms with Crippen molar-refractivity contribution in [2.24, 2.45) is 5.92 Å². The number of aryl methyl sites for hydroxylation is 1. The van der Waals surface area contributed by atoms with E-state index >= 15 is 0 Å². The Morgan fingerprint density at radius 3 is 2.67 bits per heavy atom. The van der Waals surface area contributed by atoms with Crippen LogP contribution in [0.5, 0.6) is 0 Å². The summed E-state index contributed by atoms with van der Waals surface area (Å²) in [5.74, 6) is 1.31. The molecule has 0 bridgehead atoms. The Labute approximate surface area is 159 Å². The predicted octanol–water partition coefficient (Wildman–Crippen LogP) is 2.73. The number of amides is 1. The van der Waals surface area contributed by atoms with Gasteiger partial charge >= 0.3 is 0 Å². The second-order valence-electron chi connectivity index (χ2n) is 6.25. The molecule has 1 aromatic carbocycles. The summed E-state index contributed by atoms with van der Waals surface area (Å²) in [6.45, 7) is 1.90. The number of aromatic nitrogens is 5. The summed E-state index contributed by atoms with van der Waals surface area (Å²) in [7, 11) is 0. The van der Waals surface area contributed by atoms with Gasteiger partial charge in [0, 0.05) is 28.3 Å². The van der Waals surface area contributed by atoms with Crippen LogP contribution in [0, 0.1) is 12.8 Å². The first kappa shape index (κ1) is 17.3. The summed E-state index contributed by atoms with van der Waals surface area (Å²) in [6.07, 6.45) is 1.96. The number of anilines is 4. The van der Waals surface area contributed by atoms with Crippen LogP contribution < -0.4 is 16.4 Å². The highest BCUT2D eigenvalue weighted by Crippen LogP contribution is 2.31. The smallest absolute Gasteiger partial charge is 0.234 e. The van der Waals surface area contributed by atoms with Crippen LogP contribution in [-0.2, 0) is 4.79 Å². The van der Waals surface area contributed by atoms with Crippen molar-refractivity contribution in [3.63, 3.8) is 0 Å². The SMILES string of the molecule is Cc1cc(Nc2nc(N)nc(Sc3ccc(NC(=O)C4CC4)cc3)n2)n[nH]1. The monoisotopic (exact) mass is 382 g/mol. The third-order valence-corrected chi connectivity index (χ3v) is 4.73. The number of carbonyl (C=O) groups is 1. The van der Waals surface area contributed by atoms with Gasteiger partial charge in [0.25, 0.3) is 0 Å². The number of hydrogen-bond acceptors (Lipinski definition) is 8. The molecule has 138 valence electrons. The molecule has 27 heavy (non-hydrogen) atoms. The van der Waals surface area contributed by atoms with Gasteiger partial charge in [0.05, 0.1) is 0 Å². The average molecular weight is 382 g/mol. The Morgan fingerprint density at radius 1 is 1.22 bits per heavy atom. The molecule has 2 heterocycles. The standard InChI is InChI=1S/C17H18N8OS/c1-9-8-13(25-24-9)20-16-21-15(18)22-17(23-16)27-12-6-4-11(5-7-12)19-14(26)10-2-3-10/h4-8,10H,2-3H2,1H3,(H,19,26)(H4,18,20,21,22,23,24,25). The number of carbonyl (C=O) groups excluding carboxylic acids is 1. The van der Waals surface area contributed by atoms with Crippen LogP contribution in [0.2, 0.25) is 0 Å². The molecule has 10 heteroatoms. The van der Waals surface area contributed by atoms with Crippen LogP contribution >= 0.6 is 11.8 Å². The van der Waals surface area contributed by atoms with E-state index in [9.17, 15) is 4.79 Å². The zero-order chi connectivity index (χ0) is 18.8. The first-order valence-electron chi connectivity index (χ1n) is 8.44. The highest BCUT2D eigenvalue weighted by molar-refractivity contribution is 7.99. The van der Waals surface area contributed by atoms with Gasteiger partial charge in [0.15, 0.2) is 11.0 Å². The van der Waals surface area contributed by atoms with E-state index in [1.807, 2.05) is 37.3 Å². The van der Waals surface area contributed by atoms with Crippen molar-refractivity contribution in [3.05, 3.63) is 36.0 Å². The van der Waals surface area contributed by atoms with E-state index in [1.54, 1.807) is 0 Å². The zero-order valence-corrected chi connectivity index (χ0v) is 15.4. The summed E-state index contributed by atoms with van der Waals surface area (Å²) >= 11 is 1.35. The van der Waals surface area contributed by atoms with Crippen molar-refractivity contribution in [1.82, 2.24) is 25.1 Å². The van der Waals surface area contributed by atoms with Crippen molar-refractivity contribution in [2.45, 2.75) is 29.8 Å². The van der Waals surface area contributed by atoms with Gasteiger partial charge in [-0.2, -0.15) is 20.1 Å². The Morgan fingerprint density at radius 2 is 2.00 bits per heavy atom. The van der Waals surface area contributed by atoms with Crippen molar-refractivity contribution in [2.75, 3.05) is 16.4 Å². The molecule has 0 saturated heterocycles. The van der Waals surface area contributed by atoms with Crippen LogP contribution in [0.4, 0.5) is 23.4 Å². The molecule has 0 aliphatic heterocycles. The van der Waals surface area contributed by atoms with Crippen molar-refractivity contribution in [1.29, 1.82) is 0 Å². The topological polar surface area (TPSA) is 134 Å². The molecule has 1 aliphatic rings. The lowest BCUT2D eigenvalue weighted by Gasteiger charge is -2.07. The lowest BCUT2D eigenvalue weighted by Crippen LogP contribution is -2.12. The van der Waals surface area contributed by atoms with Crippen LogP contribution in [0.25, 0.3) is 0 Å². The third-order valence-electron chi connectivity index (χ3n) is 3.86. The second-order valence-corrected chi connectivity index (χ2v) is 7.29. The summed E-state index contributed by atoms with van der Waals surface area (Å²) in [5, 5.41) is 13.3. The van der Waals surface area contributed by atoms with E-state index in [0.717, 1.165) is 29.1 Å². The summed E-state index contributed by atoms with van der Waals surface area (Å²) < 4.78 is 0. The van der Waals surface area contributed by atoms with E-state index < -0.39 is 0 Å². The van der Waals surface area contributed by atoms with Crippen molar-refractivity contribution >= 4 is 41.1 Å². The summed E-state index contributed by atoms with van der Waals surface area (Å²) in [6, 6.07) is 9.35. The molecule has 0 radical (unpaired) electrons. The molecular weight excluding hydrogens is 364 g/mol. The Hall–Kier alpha value is -3.14. The molecule has 1 amide bonds. The summed E-state index contributed by atoms with van der Waals surface area (Å²) in [5.41, 5.74) is 7.49. The quantitative estimate of drug-likeness (QED) is 0.511. The maximum Gasteiger partial charge on any atom is 0.234 e. The molecular formula is C17H18N8OS. The van der Waals surface area contributed by atoms with Crippen molar-refractivity contribution < 1.29 is 4.79 Å². The largest absolute Gasteiger partial charge is 0.368 e. The fraction of sp³-hybridized carbons (Fsp3) is 0.235. The second kappa shape index (κ2) is 7.23. The van der Waals surface area contributed by atoms with Gasteiger partial charge in [-0.3, -0.25) is 9.89 Å². The molecule has 0 atom stereocenters. The number of aromatic amines is 1. The maximum absolute atomic E-state index is 11.8. The minimum atomic E-state index is 0.0879. The molecule has 3 aromatic rings.